The molecule has 4 nitrogen and oxygen atoms in total. The maximum atomic E-state index is 11.4. The molecule has 0 aliphatic carbocycles. The van der Waals surface area contributed by atoms with E-state index in [1.807, 2.05) is 0 Å². The fraction of sp³-hybridized carbons (Fsp3) is 0.800. The zero-order valence-corrected chi connectivity index (χ0v) is 9.81. The van der Waals surface area contributed by atoms with E-state index in [2.05, 4.69) is 6.92 Å². The van der Waals surface area contributed by atoms with Gasteiger partial charge in [-0.3, -0.25) is 10.2 Å². The van der Waals surface area contributed by atoms with E-state index in [9.17, 15) is 4.79 Å². The topological polar surface area (TPSA) is 76.2 Å². The minimum Gasteiger partial charge on any atom is -0.461 e. The summed E-state index contributed by atoms with van der Waals surface area (Å²) in [5.74, 6) is 0.615. The van der Waals surface area contributed by atoms with E-state index in [4.69, 9.17) is 15.9 Å². The van der Waals surface area contributed by atoms with Crippen LogP contribution in [-0.2, 0) is 9.53 Å². The summed E-state index contributed by atoms with van der Waals surface area (Å²) in [5.41, 5.74) is 5.23. The number of thioether (sulfide) groups is 1. The molecular formula is C10H18N2O2S. The number of carbonyl (C=O) groups excluding carboxylic acids is 1. The van der Waals surface area contributed by atoms with Gasteiger partial charge in [-0.2, -0.15) is 0 Å². The van der Waals surface area contributed by atoms with Crippen molar-refractivity contribution in [1.82, 2.24) is 0 Å². The van der Waals surface area contributed by atoms with E-state index in [1.165, 1.54) is 11.8 Å². The van der Waals surface area contributed by atoms with Crippen LogP contribution in [0.4, 0.5) is 0 Å². The molecule has 0 aromatic heterocycles. The molecule has 5 heteroatoms. The first-order valence-electron chi connectivity index (χ1n) is 5.30. The largest absolute Gasteiger partial charge is 0.461 e. The first-order valence-corrected chi connectivity index (χ1v) is 6.29. The predicted octanol–water partition coefficient (Wildman–Crippen LogP) is 1.73. The standard InChI is InChI=1S/C10H18N2O2S/c1-2-3-4-7-5-8(14-9(7)13)6-15-10(11)12/h7-8H,2-6H2,1H3,(H3,11,12)/t7-,8-/m1/s1. The highest BCUT2D eigenvalue weighted by atomic mass is 32.2. The Morgan fingerprint density at radius 1 is 1.73 bits per heavy atom. The van der Waals surface area contributed by atoms with Crippen molar-refractivity contribution in [1.29, 1.82) is 5.41 Å². The van der Waals surface area contributed by atoms with Crippen LogP contribution in [0.25, 0.3) is 0 Å². The molecule has 1 heterocycles. The number of unbranched alkanes of at least 4 members (excludes halogenated alkanes) is 1. The number of nitrogens with two attached hydrogens (primary N) is 1. The van der Waals surface area contributed by atoms with Crippen molar-refractivity contribution in [3.63, 3.8) is 0 Å². The lowest BCUT2D eigenvalue weighted by molar-refractivity contribution is -0.143. The van der Waals surface area contributed by atoms with Crippen LogP contribution < -0.4 is 5.73 Å². The average Bonchev–Trinajstić information content (AvgIpc) is 2.53. The third-order valence-corrected chi connectivity index (χ3v) is 3.34. The molecule has 1 rings (SSSR count). The summed E-state index contributed by atoms with van der Waals surface area (Å²) in [5, 5.41) is 7.16. The summed E-state index contributed by atoms with van der Waals surface area (Å²) in [6.07, 6.45) is 3.85. The monoisotopic (exact) mass is 230 g/mol. The summed E-state index contributed by atoms with van der Waals surface area (Å²) in [6, 6.07) is 0. The lowest BCUT2D eigenvalue weighted by Gasteiger charge is -2.06. The van der Waals surface area contributed by atoms with Crippen molar-refractivity contribution in [2.24, 2.45) is 11.7 Å². The van der Waals surface area contributed by atoms with Crippen molar-refractivity contribution < 1.29 is 9.53 Å². The molecule has 86 valence electrons. The van der Waals surface area contributed by atoms with Gasteiger partial charge in [0.25, 0.3) is 0 Å². The highest BCUT2D eigenvalue weighted by Gasteiger charge is 2.33. The predicted molar refractivity (Wildman–Crippen MR) is 61.9 cm³/mol. The zero-order valence-electron chi connectivity index (χ0n) is 8.99. The number of ether oxygens (including phenoxy) is 1. The van der Waals surface area contributed by atoms with Gasteiger partial charge in [-0.15, -0.1) is 0 Å². The molecule has 0 radical (unpaired) electrons. The van der Waals surface area contributed by atoms with E-state index in [0.717, 1.165) is 25.7 Å². The van der Waals surface area contributed by atoms with Gasteiger partial charge >= 0.3 is 5.97 Å². The van der Waals surface area contributed by atoms with Crippen LogP contribution in [-0.4, -0.2) is 23.0 Å². The Balaban J connectivity index is 2.28. The fourth-order valence-corrected chi connectivity index (χ4v) is 2.26. The number of rotatable bonds is 5. The summed E-state index contributed by atoms with van der Waals surface area (Å²) in [6.45, 7) is 2.11. The maximum Gasteiger partial charge on any atom is 0.309 e. The molecule has 3 N–H and O–H groups in total. The van der Waals surface area contributed by atoms with Crippen LogP contribution in [0.5, 0.6) is 0 Å². The van der Waals surface area contributed by atoms with Crippen LogP contribution in [0.3, 0.4) is 0 Å². The number of nitrogens with one attached hydrogen (secondary N) is 1. The Hall–Kier alpha value is -0.710. The fourth-order valence-electron chi connectivity index (χ4n) is 1.69. The van der Waals surface area contributed by atoms with Crippen LogP contribution in [0, 0.1) is 11.3 Å². The van der Waals surface area contributed by atoms with E-state index < -0.39 is 0 Å². The number of esters is 1. The van der Waals surface area contributed by atoms with Crippen molar-refractivity contribution in [2.45, 2.75) is 38.7 Å². The van der Waals surface area contributed by atoms with E-state index in [0.29, 0.717) is 5.75 Å². The quantitative estimate of drug-likeness (QED) is 0.428. The molecule has 1 aliphatic heterocycles. The second kappa shape index (κ2) is 6.00. The number of hydrogen-bond donors (Lipinski definition) is 2. The van der Waals surface area contributed by atoms with Gasteiger partial charge in [0.2, 0.25) is 0 Å². The van der Waals surface area contributed by atoms with Gasteiger partial charge in [0.05, 0.1) is 5.92 Å². The molecule has 2 atom stereocenters. The molecular weight excluding hydrogens is 212 g/mol. The minimum absolute atomic E-state index is 0.0479. The van der Waals surface area contributed by atoms with Crippen molar-refractivity contribution in [3.05, 3.63) is 0 Å². The summed E-state index contributed by atoms with van der Waals surface area (Å²) in [4.78, 5) is 11.4. The lowest BCUT2D eigenvalue weighted by Crippen LogP contribution is -2.14. The van der Waals surface area contributed by atoms with E-state index in [-0.39, 0.29) is 23.2 Å². The highest BCUT2D eigenvalue weighted by molar-refractivity contribution is 8.13. The number of cyclic esters (lactones) is 1. The van der Waals surface area contributed by atoms with Gasteiger partial charge in [0.15, 0.2) is 5.17 Å². The normalized spacial score (nSPS) is 25.3. The minimum atomic E-state index is -0.0717. The van der Waals surface area contributed by atoms with Crippen LogP contribution >= 0.6 is 11.8 Å². The first kappa shape index (κ1) is 12.4. The van der Waals surface area contributed by atoms with Gasteiger partial charge in [0.1, 0.15) is 6.10 Å². The zero-order chi connectivity index (χ0) is 11.3. The smallest absolute Gasteiger partial charge is 0.309 e. The van der Waals surface area contributed by atoms with E-state index >= 15 is 0 Å². The van der Waals surface area contributed by atoms with Gasteiger partial charge < -0.3 is 10.5 Å². The Bertz CT molecular complexity index is 246. The second-order valence-corrected chi connectivity index (χ2v) is 4.87. The number of amidine groups is 1. The molecule has 0 spiro atoms. The summed E-state index contributed by atoms with van der Waals surface area (Å²) < 4.78 is 5.21. The first-order chi connectivity index (χ1) is 7.13. The van der Waals surface area contributed by atoms with Crippen LogP contribution in [0.15, 0.2) is 0 Å². The van der Waals surface area contributed by atoms with Gasteiger partial charge in [-0.05, 0) is 12.8 Å². The summed E-state index contributed by atoms with van der Waals surface area (Å²) >= 11 is 1.24. The Morgan fingerprint density at radius 2 is 2.47 bits per heavy atom. The molecule has 0 unspecified atom stereocenters. The third kappa shape index (κ3) is 4.11. The van der Waals surface area contributed by atoms with Crippen molar-refractivity contribution in [3.8, 4) is 0 Å². The van der Waals surface area contributed by atoms with E-state index in [1.54, 1.807) is 0 Å². The molecule has 0 aromatic rings. The molecule has 0 bridgehead atoms. The molecule has 1 fully saturated rings. The Morgan fingerprint density at radius 3 is 3.07 bits per heavy atom. The Kier molecular flexibility index (Phi) is 4.94. The summed E-state index contributed by atoms with van der Waals surface area (Å²) in [7, 11) is 0. The van der Waals surface area contributed by atoms with Crippen LogP contribution in [0.2, 0.25) is 0 Å². The molecule has 1 saturated heterocycles. The van der Waals surface area contributed by atoms with Gasteiger partial charge in [-0.25, -0.2) is 0 Å². The van der Waals surface area contributed by atoms with Gasteiger partial charge in [0, 0.05) is 5.75 Å². The molecule has 0 aromatic carbocycles. The number of hydrogen-bond acceptors (Lipinski definition) is 4. The molecule has 0 saturated carbocycles. The van der Waals surface area contributed by atoms with Crippen molar-refractivity contribution >= 4 is 22.9 Å². The number of carbonyl (C=O) groups is 1. The average molecular weight is 230 g/mol. The highest BCUT2D eigenvalue weighted by Crippen LogP contribution is 2.27. The lowest BCUT2D eigenvalue weighted by atomic mass is 9.99. The third-order valence-electron chi connectivity index (χ3n) is 2.49. The van der Waals surface area contributed by atoms with Crippen molar-refractivity contribution in [2.75, 3.05) is 5.75 Å². The molecule has 15 heavy (non-hydrogen) atoms. The SMILES string of the molecule is CCCC[C@@H]1C[C@H](CSC(=N)N)OC1=O. The van der Waals surface area contributed by atoms with Gasteiger partial charge in [-0.1, -0.05) is 31.5 Å². The second-order valence-electron chi connectivity index (χ2n) is 3.81. The maximum absolute atomic E-state index is 11.4. The van der Waals surface area contributed by atoms with Crippen LogP contribution in [0.1, 0.15) is 32.6 Å². The molecule has 0 amide bonds. The Labute approximate surface area is 94.4 Å². The molecule has 1 aliphatic rings.